The van der Waals surface area contributed by atoms with Crippen LogP contribution < -0.4 is 0 Å². The molecule has 1 N–H and O–H groups in total. The van der Waals surface area contributed by atoms with Crippen LogP contribution in [0.2, 0.25) is 0 Å². The Balaban J connectivity index is 2.02. The highest BCUT2D eigenvalue weighted by Gasteiger charge is 2.27. The highest BCUT2D eigenvalue weighted by Crippen LogP contribution is 2.44. The zero-order valence-electron chi connectivity index (χ0n) is 12.8. The van der Waals surface area contributed by atoms with Crippen LogP contribution in [0.5, 0.6) is 5.75 Å². The van der Waals surface area contributed by atoms with Gasteiger partial charge in [0, 0.05) is 0 Å². The fraction of sp³-hybridized carbons (Fsp3) is 0.632. The third-order valence-electron chi connectivity index (χ3n) is 5.47. The summed E-state index contributed by atoms with van der Waals surface area (Å²) in [6.45, 7) is 0. The second kappa shape index (κ2) is 6.64. The number of carbonyl (C=O) groups is 1. The van der Waals surface area contributed by atoms with E-state index in [1.165, 1.54) is 75.3 Å². The molecular weight excluding hydrogens is 260 g/mol. The molecule has 21 heavy (non-hydrogen) atoms. The highest BCUT2D eigenvalue weighted by molar-refractivity contribution is 5.82. The molecule has 1 aromatic carbocycles. The monoisotopic (exact) mass is 286 g/mol. The summed E-state index contributed by atoms with van der Waals surface area (Å²) in [6, 6.07) is 3.84. The van der Waals surface area contributed by atoms with Crippen molar-refractivity contribution in [2.24, 2.45) is 0 Å². The zero-order valence-corrected chi connectivity index (χ0v) is 12.8. The molecule has 2 heteroatoms. The van der Waals surface area contributed by atoms with E-state index in [0.29, 0.717) is 17.4 Å². The largest absolute Gasteiger partial charge is 0.507 e. The topological polar surface area (TPSA) is 37.3 Å². The number of rotatable bonds is 3. The zero-order chi connectivity index (χ0) is 14.7. The van der Waals surface area contributed by atoms with Gasteiger partial charge in [0.15, 0.2) is 6.29 Å². The number of carbonyl (C=O) groups excluding carboxylic acids is 1. The van der Waals surface area contributed by atoms with Crippen LogP contribution in [0.4, 0.5) is 0 Å². The molecule has 0 amide bonds. The second-order valence-corrected chi connectivity index (χ2v) is 6.79. The van der Waals surface area contributed by atoms with Gasteiger partial charge in [0.2, 0.25) is 0 Å². The fourth-order valence-corrected chi connectivity index (χ4v) is 4.38. The summed E-state index contributed by atoms with van der Waals surface area (Å²) in [5, 5.41) is 10.1. The van der Waals surface area contributed by atoms with Crippen molar-refractivity contribution in [3.05, 3.63) is 28.8 Å². The molecule has 0 radical (unpaired) electrons. The van der Waals surface area contributed by atoms with Gasteiger partial charge in [-0.2, -0.15) is 0 Å². The molecule has 1 aromatic rings. The van der Waals surface area contributed by atoms with E-state index in [2.05, 4.69) is 6.07 Å². The minimum atomic E-state index is 0.171. The molecule has 0 atom stereocenters. The lowest BCUT2D eigenvalue weighted by molar-refractivity contribution is 0.111. The van der Waals surface area contributed by atoms with E-state index < -0.39 is 0 Å². The van der Waals surface area contributed by atoms with Crippen LogP contribution in [0.1, 0.15) is 97.5 Å². The Labute approximate surface area is 127 Å². The maximum atomic E-state index is 11.6. The number of benzene rings is 1. The van der Waals surface area contributed by atoms with Gasteiger partial charge in [-0.3, -0.25) is 4.79 Å². The van der Waals surface area contributed by atoms with E-state index in [-0.39, 0.29) is 5.75 Å². The van der Waals surface area contributed by atoms with Crippen LogP contribution in [0.15, 0.2) is 12.1 Å². The molecule has 0 unspecified atom stereocenters. The second-order valence-electron chi connectivity index (χ2n) is 6.79. The average Bonchev–Trinajstić information content (AvgIpc) is 2.56. The first-order chi connectivity index (χ1) is 10.3. The molecule has 2 fully saturated rings. The van der Waals surface area contributed by atoms with Gasteiger partial charge in [-0.25, -0.2) is 0 Å². The number of phenolic OH excluding ortho intramolecular Hbond substituents is 1. The minimum absolute atomic E-state index is 0.171. The van der Waals surface area contributed by atoms with Crippen molar-refractivity contribution in [1.82, 2.24) is 0 Å². The van der Waals surface area contributed by atoms with Gasteiger partial charge in [0.1, 0.15) is 5.75 Å². The van der Waals surface area contributed by atoms with Crippen molar-refractivity contribution in [2.45, 2.75) is 76.0 Å². The maximum absolute atomic E-state index is 11.6. The van der Waals surface area contributed by atoms with E-state index in [9.17, 15) is 9.90 Å². The Morgan fingerprint density at radius 3 is 2.00 bits per heavy atom. The molecule has 2 aliphatic carbocycles. The molecule has 0 spiro atoms. The normalized spacial score (nSPS) is 21.3. The fourth-order valence-electron chi connectivity index (χ4n) is 4.38. The minimum Gasteiger partial charge on any atom is -0.507 e. The molecule has 2 aliphatic rings. The Kier molecular flexibility index (Phi) is 4.62. The number of phenols is 1. The van der Waals surface area contributed by atoms with Gasteiger partial charge in [-0.05, 0) is 54.7 Å². The number of aldehydes is 1. The van der Waals surface area contributed by atoms with E-state index in [1.54, 1.807) is 6.07 Å². The Bertz CT molecular complexity index is 495. The van der Waals surface area contributed by atoms with Crippen LogP contribution in [0, 0.1) is 0 Å². The van der Waals surface area contributed by atoms with Crippen molar-refractivity contribution in [3.8, 4) is 5.75 Å². The lowest BCUT2D eigenvalue weighted by atomic mass is 9.74. The summed E-state index contributed by atoms with van der Waals surface area (Å²) in [5.74, 6) is 1.24. The first-order valence-electron chi connectivity index (χ1n) is 8.62. The predicted octanol–water partition coefficient (Wildman–Crippen LogP) is 5.30. The summed E-state index contributed by atoms with van der Waals surface area (Å²) < 4.78 is 0. The first-order valence-corrected chi connectivity index (χ1v) is 8.62. The lowest BCUT2D eigenvalue weighted by Gasteiger charge is -2.30. The molecule has 0 bridgehead atoms. The molecule has 114 valence electrons. The number of aromatic hydroxyl groups is 1. The number of hydrogen-bond donors (Lipinski definition) is 1. The Morgan fingerprint density at radius 2 is 1.43 bits per heavy atom. The maximum Gasteiger partial charge on any atom is 0.154 e. The van der Waals surface area contributed by atoms with Gasteiger partial charge in [0.25, 0.3) is 0 Å². The summed E-state index contributed by atoms with van der Waals surface area (Å²) in [4.78, 5) is 11.6. The van der Waals surface area contributed by atoms with Crippen LogP contribution >= 0.6 is 0 Å². The van der Waals surface area contributed by atoms with E-state index in [0.717, 1.165) is 6.29 Å². The van der Waals surface area contributed by atoms with Crippen LogP contribution in [0.3, 0.4) is 0 Å². The van der Waals surface area contributed by atoms with Gasteiger partial charge in [-0.15, -0.1) is 0 Å². The van der Waals surface area contributed by atoms with Crippen molar-refractivity contribution in [3.63, 3.8) is 0 Å². The van der Waals surface area contributed by atoms with E-state index in [1.807, 2.05) is 0 Å². The molecule has 0 aromatic heterocycles. The van der Waals surface area contributed by atoms with Crippen molar-refractivity contribution >= 4 is 6.29 Å². The van der Waals surface area contributed by atoms with Gasteiger partial charge in [-0.1, -0.05) is 44.6 Å². The summed E-state index contributed by atoms with van der Waals surface area (Å²) in [5.41, 5.74) is 3.13. The van der Waals surface area contributed by atoms with Crippen LogP contribution in [-0.4, -0.2) is 11.4 Å². The first kappa shape index (κ1) is 14.6. The van der Waals surface area contributed by atoms with Crippen LogP contribution in [-0.2, 0) is 0 Å². The lowest BCUT2D eigenvalue weighted by Crippen LogP contribution is -2.14. The Hall–Kier alpha value is -1.31. The SMILES string of the molecule is O=Cc1c(O)ccc(C2CCCCC2)c1C1CCCCC1. The quantitative estimate of drug-likeness (QED) is 0.765. The summed E-state index contributed by atoms with van der Waals surface area (Å²) in [6.07, 6.45) is 13.5. The van der Waals surface area contributed by atoms with Crippen molar-refractivity contribution in [1.29, 1.82) is 0 Å². The Morgan fingerprint density at radius 1 is 0.857 bits per heavy atom. The standard InChI is InChI=1S/C19H26O2/c20-13-17-18(21)12-11-16(14-7-3-1-4-8-14)19(17)15-9-5-2-6-10-15/h11-15,21H,1-10H2. The third kappa shape index (κ3) is 3.00. The molecular formula is C19H26O2. The van der Waals surface area contributed by atoms with Crippen LogP contribution in [0.25, 0.3) is 0 Å². The molecule has 2 nitrogen and oxygen atoms in total. The molecule has 0 saturated heterocycles. The van der Waals surface area contributed by atoms with Gasteiger partial charge >= 0.3 is 0 Å². The average molecular weight is 286 g/mol. The molecule has 2 saturated carbocycles. The van der Waals surface area contributed by atoms with Crippen molar-refractivity contribution < 1.29 is 9.90 Å². The smallest absolute Gasteiger partial charge is 0.154 e. The highest BCUT2D eigenvalue weighted by atomic mass is 16.3. The third-order valence-corrected chi connectivity index (χ3v) is 5.47. The van der Waals surface area contributed by atoms with Crippen molar-refractivity contribution in [2.75, 3.05) is 0 Å². The molecule has 3 rings (SSSR count). The van der Waals surface area contributed by atoms with Gasteiger partial charge < -0.3 is 5.11 Å². The van der Waals surface area contributed by atoms with E-state index >= 15 is 0 Å². The van der Waals surface area contributed by atoms with Gasteiger partial charge in [0.05, 0.1) is 5.56 Å². The predicted molar refractivity (Wildman–Crippen MR) is 85.1 cm³/mol. The molecule has 0 heterocycles. The summed E-state index contributed by atoms with van der Waals surface area (Å²) in [7, 11) is 0. The number of hydrogen-bond acceptors (Lipinski definition) is 2. The summed E-state index contributed by atoms with van der Waals surface area (Å²) >= 11 is 0. The molecule has 0 aliphatic heterocycles. The van der Waals surface area contributed by atoms with E-state index in [4.69, 9.17) is 0 Å².